The van der Waals surface area contributed by atoms with Crippen LogP contribution in [0.25, 0.3) is 34.0 Å². The fourth-order valence-corrected chi connectivity index (χ4v) is 4.87. The van der Waals surface area contributed by atoms with Crippen molar-refractivity contribution in [2.24, 2.45) is 0 Å². The summed E-state index contributed by atoms with van der Waals surface area (Å²) in [6.45, 7) is 6.27. The molecule has 4 aromatic carbocycles. The third-order valence-corrected chi connectivity index (χ3v) is 7.54. The highest BCUT2D eigenvalue weighted by molar-refractivity contribution is 5.96. The predicted octanol–water partition coefficient (Wildman–Crippen LogP) is 6.81. The number of carbonyl (C=O) groups is 2. The van der Waals surface area contributed by atoms with E-state index in [0.717, 1.165) is 27.8 Å². The number of ether oxygens (including phenoxy) is 2. The van der Waals surface area contributed by atoms with E-state index in [-0.39, 0.29) is 11.8 Å². The summed E-state index contributed by atoms with van der Waals surface area (Å²) < 4.78 is 16.3. The molecule has 1 heterocycles. The number of amides is 1. The van der Waals surface area contributed by atoms with Crippen LogP contribution in [-0.4, -0.2) is 47.4 Å². The van der Waals surface area contributed by atoms with E-state index in [1.165, 1.54) is 0 Å². The second-order valence-electron chi connectivity index (χ2n) is 11.7. The molecule has 0 bridgehead atoms. The number of carboxylic acid groups (broad SMARTS) is 1. The molecular formula is C36H35N3O6. The SMILES string of the molecule is COc1ccc(-c2ccc(-c3nc(-c4ccc(CC(NC(=O)c5ccc(C(C)(C)C)cc5)C(=O)O)cc4)no3)cc2)cc1OC. The average molecular weight is 606 g/mol. The Balaban J connectivity index is 1.24. The standard InChI is InChI=1S/C36H35N3O6/c1-36(2,3)28-17-14-25(15-18-28)33(40)37-29(35(41)42)20-22-6-8-24(9-7-22)32-38-34(45-39-32)26-12-10-23(11-13-26)27-16-19-30(43-4)31(21-27)44-5/h6-19,21,29H,20H2,1-5H3,(H,37,40)(H,41,42). The molecule has 5 rings (SSSR count). The minimum Gasteiger partial charge on any atom is -0.493 e. The van der Waals surface area contributed by atoms with Gasteiger partial charge in [-0.05, 0) is 64.1 Å². The van der Waals surface area contributed by atoms with Gasteiger partial charge in [-0.3, -0.25) is 4.79 Å². The summed E-state index contributed by atoms with van der Waals surface area (Å²) in [5, 5.41) is 16.6. The maximum absolute atomic E-state index is 12.8. The van der Waals surface area contributed by atoms with Gasteiger partial charge in [-0.15, -0.1) is 0 Å². The quantitative estimate of drug-likeness (QED) is 0.178. The van der Waals surface area contributed by atoms with E-state index in [2.05, 4.69) is 36.2 Å². The fourth-order valence-electron chi connectivity index (χ4n) is 4.87. The Morgan fingerprint density at radius 1 is 0.800 bits per heavy atom. The highest BCUT2D eigenvalue weighted by Crippen LogP contribution is 2.33. The van der Waals surface area contributed by atoms with Crippen molar-refractivity contribution in [3.63, 3.8) is 0 Å². The molecule has 0 aliphatic carbocycles. The number of carbonyl (C=O) groups excluding carboxylic acids is 1. The zero-order chi connectivity index (χ0) is 32.1. The summed E-state index contributed by atoms with van der Waals surface area (Å²) in [6.07, 6.45) is 0.116. The van der Waals surface area contributed by atoms with Crippen molar-refractivity contribution in [1.82, 2.24) is 15.5 Å². The van der Waals surface area contributed by atoms with Gasteiger partial charge in [0.2, 0.25) is 5.82 Å². The highest BCUT2D eigenvalue weighted by Gasteiger charge is 2.22. The molecule has 0 aliphatic heterocycles. The van der Waals surface area contributed by atoms with E-state index in [0.29, 0.717) is 34.3 Å². The maximum atomic E-state index is 12.8. The second-order valence-corrected chi connectivity index (χ2v) is 11.7. The van der Waals surface area contributed by atoms with Crippen molar-refractivity contribution in [3.05, 3.63) is 108 Å². The summed E-state index contributed by atoms with van der Waals surface area (Å²) in [4.78, 5) is 29.3. The Bertz CT molecular complexity index is 1790. The van der Waals surface area contributed by atoms with Crippen molar-refractivity contribution in [3.8, 4) is 45.5 Å². The molecule has 230 valence electrons. The Morgan fingerprint density at radius 3 is 2.00 bits per heavy atom. The smallest absolute Gasteiger partial charge is 0.326 e. The molecule has 1 amide bonds. The van der Waals surface area contributed by atoms with E-state index >= 15 is 0 Å². The van der Waals surface area contributed by atoms with E-state index in [1.807, 2.05) is 54.6 Å². The Hall–Kier alpha value is -5.44. The van der Waals surface area contributed by atoms with Crippen LogP contribution in [0.5, 0.6) is 11.5 Å². The lowest BCUT2D eigenvalue weighted by Gasteiger charge is -2.19. The van der Waals surface area contributed by atoms with Crippen LogP contribution in [0, 0.1) is 0 Å². The summed E-state index contributed by atoms with van der Waals surface area (Å²) >= 11 is 0. The molecule has 9 nitrogen and oxygen atoms in total. The molecule has 0 aliphatic rings. The molecule has 0 spiro atoms. The Labute approximate surface area is 261 Å². The van der Waals surface area contributed by atoms with Gasteiger partial charge in [0.15, 0.2) is 11.5 Å². The number of methoxy groups -OCH3 is 2. The van der Waals surface area contributed by atoms with E-state index in [4.69, 9.17) is 14.0 Å². The average Bonchev–Trinajstić information content (AvgIpc) is 3.54. The molecule has 0 fully saturated rings. The highest BCUT2D eigenvalue weighted by atomic mass is 16.5. The molecule has 9 heteroatoms. The zero-order valence-corrected chi connectivity index (χ0v) is 25.8. The molecule has 0 saturated carbocycles. The number of rotatable bonds is 10. The van der Waals surface area contributed by atoms with Gasteiger partial charge in [-0.25, -0.2) is 4.79 Å². The number of nitrogens with zero attached hydrogens (tertiary/aromatic N) is 2. The monoisotopic (exact) mass is 605 g/mol. The summed E-state index contributed by atoms with van der Waals surface area (Å²) in [6, 6.07) is 26.8. The fraction of sp³-hybridized carbons (Fsp3) is 0.222. The van der Waals surface area contributed by atoms with Crippen molar-refractivity contribution in [1.29, 1.82) is 0 Å². The minimum absolute atomic E-state index is 0.0483. The van der Waals surface area contributed by atoms with Crippen LogP contribution in [0.3, 0.4) is 0 Å². The second kappa shape index (κ2) is 13.1. The van der Waals surface area contributed by atoms with Crippen LogP contribution < -0.4 is 14.8 Å². The number of aliphatic carboxylic acids is 1. The lowest BCUT2D eigenvalue weighted by molar-refractivity contribution is -0.139. The summed E-state index contributed by atoms with van der Waals surface area (Å²) in [7, 11) is 3.21. The molecule has 0 radical (unpaired) electrons. The first-order valence-corrected chi connectivity index (χ1v) is 14.5. The number of hydrogen-bond acceptors (Lipinski definition) is 7. The van der Waals surface area contributed by atoms with Gasteiger partial charge in [0.05, 0.1) is 14.2 Å². The molecule has 0 saturated heterocycles. The van der Waals surface area contributed by atoms with Gasteiger partial charge in [0.1, 0.15) is 6.04 Å². The number of hydrogen-bond donors (Lipinski definition) is 2. The number of nitrogens with one attached hydrogen (secondary N) is 1. The van der Waals surface area contributed by atoms with Gasteiger partial charge in [-0.2, -0.15) is 4.98 Å². The van der Waals surface area contributed by atoms with Crippen LogP contribution in [0.4, 0.5) is 0 Å². The van der Waals surface area contributed by atoms with Crippen molar-refractivity contribution in [2.45, 2.75) is 38.6 Å². The van der Waals surface area contributed by atoms with Gasteiger partial charge >= 0.3 is 5.97 Å². The molecule has 1 atom stereocenters. The summed E-state index contributed by atoms with van der Waals surface area (Å²) in [5.74, 6) is 0.543. The molecular weight excluding hydrogens is 570 g/mol. The summed E-state index contributed by atoms with van der Waals surface area (Å²) in [5.41, 5.74) is 5.64. The first kappa shape index (κ1) is 31.0. The van der Waals surface area contributed by atoms with E-state index < -0.39 is 17.9 Å². The Morgan fingerprint density at radius 2 is 1.40 bits per heavy atom. The molecule has 1 aromatic heterocycles. The molecule has 45 heavy (non-hydrogen) atoms. The van der Waals surface area contributed by atoms with Crippen LogP contribution in [0.15, 0.2) is 95.5 Å². The van der Waals surface area contributed by atoms with Gasteiger partial charge in [0, 0.05) is 23.1 Å². The van der Waals surface area contributed by atoms with E-state index in [1.54, 1.807) is 50.6 Å². The third-order valence-electron chi connectivity index (χ3n) is 7.54. The molecule has 2 N–H and O–H groups in total. The first-order chi connectivity index (χ1) is 21.5. The molecule has 1 unspecified atom stereocenters. The Kier molecular flexibility index (Phi) is 8.99. The minimum atomic E-state index is -1.11. The third kappa shape index (κ3) is 7.21. The number of carboxylic acids is 1. The van der Waals surface area contributed by atoms with Gasteiger partial charge in [0.25, 0.3) is 11.8 Å². The lowest BCUT2D eigenvalue weighted by Crippen LogP contribution is -2.42. The molecule has 5 aromatic rings. The number of aromatic nitrogens is 2. The van der Waals surface area contributed by atoms with E-state index in [9.17, 15) is 14.7 Å². The van der Waals surface area contributed by atoms with Crippen molar-refractivity contribution in [2.75, 3.05) is 14.2 Å². The largest absolute Gasteiger partial charge is 0.493 e. The van der Waals surface area contributed by atoms with Crippen LogP contribution >= 0.6 is 0 Å². The van der Waals surface area contributed by atoms with Crippen molar-refractivity contribution < 1.29 is 28.7 Å². The zero-order valence-electron chi connectivity index (χ0n) is 25.8. The van der Waals surface area contributed by atoms with Crippen LogP contribution in [0.1, 0.15) is 42.3 Å². The van der Waals surface area contributed by atoms with Crippen LogP contribution in [-0.2, 0) is 16.6 Å². The van der Waals surface area contributed by atoms with Crippen LogP contribution in [0.2, 0.25) is 0 Å². The first-order valence-electron chi connectivity index (χ1n) is 14.5. The topological polar surface area (TPSA) is 124 Å². The lowest BCUT2D eigenvalue weighted by atomic mass is 9.86. The predicted molar refractivity (Wildman–Crippen MR) is 171 cm³/mol. The van der Waals surface area contributed by atoms with Gasteiger partial charge in [-0.1, -0.05) is 80.5 Å². The van der Waals surface area contributed by atoms with Crippen molar-refractivity contribution >= 4 is 11.9 Å². The normalized spacial score (nSPS) is 11.9. The van der Waals surface area contributed by atoms with Gasteiger partial charge < -0.3 is 24.4 Å². The number of benzene rings is 4. The maximum Gasteiger partial charge on any atom is 0.326 e.